The first-order valence-electron chi connectivity index (χ1n) is 7.88. The second-order valence-electron chi connectivity index (χ2n) is 6.78. The van der Waals surface area contributed by atoms with Crippen molar-refractivity contribution in [1.29, 1.82) is 0 Å². The highest BCUT2D eigenvalue weighted by Crippen LogP contribution is 2.36. The Labute approximate surface area is 161 Å². The van der Waals surface area contributed by atoms with Crippen molar-refractivity contribution in [2.45, 2.75) is 26.4 Å². The Balaban J connectivity index is 2.19. The van der Waals surface area contributed by atoms with Crippen molar-refractivity contribution in [2.75, 3.05) is 0 Å². The molecule has 0 saturated carbocycles. The zero-order valence-corrected chi connectivity index (χ0v) is 16.1. The van der Waals surface area contributed by atoms with Crippen molar-refractivity contribution >= 4 is 45.6 Å². The van der Waals surface area contributed by atoms with Crippen LogP contribution in [0, 0.1) is 0 Å². The number of esters is 1. The molecule has 0 aliphatic heterocycles. The number of carbonyl (C=O) groups is 1. The van der Waals surface area contributed by atoms with E-state index in [0.29, 0.717) is 21.3 Å². The summed E-state index contributed by atoms with van der Waals surface area (Å²) in [4.78, 5) is 16.9. The average molecular weight is 390 g/mol. The van der Waals surface area contributed by atoms with E-state index in [1.165, 1.54) is 0 Å². The van der Waals surface area contributed by atoms with Crippen molar-refractivity contribution < 1.29 is 9.53 Å². The molecule has 1 aromatic carbocycles. The van der Waals surface area contributed by atoms with Gasteiger partial charge in [-0.15, -0.1) is 0 Å². The molecule has 0 unspecified atom stereocenters. The third kappa shape index (κ3) is 3.59. The van der Waals surface area contributed by atoms with Gasteiger partial charge in [-0.3, -0.25) is 5.10 Å². The number of aromatic amines is 1. The number of ether oxygens (including phenoxy) is 1. The van der Waals surface area contributed by atoms with Crippen molar-refractivity contribution in [2.24, 2.45) is 0 Å². The first-order valence-corrected chi connectivity index (χ1v) is 8.63. The van der Waals surface area contributed by atoms with Crippen molar-refractivity contribution in [1.82, 2.24) is 15.2 Å². The smallest absolute Gasteiger partial charge is 0.340 e. The lowest BCUT2D eigenvalue weighted by molar-refractivity contribution is -0.147. The van der Waals surface area contributed by atoms with Crippen molar-refractivity contribution in [3.05, 3.63) is 52.9 Å². The number of pyridine rings is 1. The molecule has 134 valence electrons. The number of aromatic nitrogens is 3. The Hall–Kier alpha value is -2.37. The van der Waals surface area contributed by atoms with E-state index < -0.39 is 11.6 Å². The maximum absolute atomic E-state index is 12.4. The molecule has 5 nitrogen and oxygen atoms in total. The predicted octanol–water partition coefficient (Wildman–Crippen LogP) is 5.29. The molecule has 0 aliphatic carbocycles. The Morgan fingerprint density at radius 2 is 2.00 bits per heavy atom. The Morgan fingerprint density at radius 1 is 1.27 bits per heavy atom. The van der Waals surface area contributed by atoms with Crippen LogP contribution in [0.1, 0.15) is 26.5 Å². The highest BCUT2D eigenvalue weighted by atomic mass is 35.5. The zero-order chi connectivity index (χ0) is 19.1. The fourth-order valence-electron chi connectivity index (χ4n) is 2.47. The molecular weight excluding hydrogens is 373 g/mol. The molecule has 3 rings (SSSR count). The van der Waals surface area contributed by atoms with Gasteiger partial charge in [0.15, 0.2) is 0 Å². The second-order valence-corrected chi connectivity index (χ2v) is 7.57. The Bertz CT molecular complexity index is 1010. The van der Waals surface area contributed by atoms with Crippen LogP contribution in [0.5, 0.6) is 0 Å². The summed E-state index contributed by atoms with van der Waals surface area (Å²) in [5, 5.41) is 8.25. The first kappa shape index (κ1) is 18.4. The quantitative estimate of drug-likeness (QED) is 0.488. The third-order valence-corrected chi connectivity index (χ3v) is 4.43. The van der Waals surface area contributed by atoms with Gasteiger partial charge in [0.25, 0.3) is 0 Å². The molecule has 0 fully saturated rings. The van der Waals surface area contributed by atoms with E-state index in [2.05, 4.69) is 21.8 Å². The third-order valence-electron chi connectivity index (χ3n) is 3.64. The monoisotopic (exact) mass is 389 g/mol. The van der Waals surface area contributed by atoms with E-state index in [1.807, 2.05) is 6.07 Å². The molecule has 0 radical (unpaired) electrons. The van der Waals surface area contributed by atoms with Gasteiger partial charge in [-0.25, -0.2) is 9.78 Å². The molecule has 0 spiro atoms. The number of nitrogens with zero attached hydrogens (tertiary/aromatic N) is 2. The summed E-state index contributed by atoms with van der Waals surface area (Å²) in [6, 6.07) is 5.31. The number of hydrogen-bond acceptors (Lipinski definition) is 4. The summed E-state index contributed by atoms with van der Waals surface area (Å²) in [5.41, 5.74) is 1.99. The summed E-state index contributed by atoms with van der Waals surface area (Å²) < 4.78 is 5.39. The second kappa shape index (κ2) is 6.74. The fraction of sp³-hybridized carbons (Fsp3) is 0.211. The number of nitrogens with one attached hydrogen (secondary N) is 1. The highest BCUT2D eigenvalue weighted by Gasteiger charge is 2.22. The van der Waals surface area contributed by atoms with Crippen LogP contribution in [-0.4, -0.2) is 26.8 Å². The molecule has 2 aromatic heterocycles. The SMILES string of the molecule is C=C(C(=O)OC(C)(C)C)c1cc(-c2cn[nH]c2)c2ccc(Cl)c(Cl)c2n1. The minimum atomic E-state index is -0.634. The van der Waals surface area contributed by atoms with Crippen LogP contribution in [0.2, 0.25) is 10.0 Å². The summed E-state index contributed by atoms with van der Waals surface area (Å²) in [7, 11) is 0. The molecule has 0 saturated heterocycles. The van der Waals surface area contributed by atoms with Gasteiger partial charge in [-0.05, 0) is 38.5 Å². The molecule has 1 N–H and O–H groups in total. The lowest BCUT2D eigenvalue weighted by Crippen LogP contribution is -2.24. The van der Waals surface area contributed by atoms with Crippen LogP contribution in [0.25, 0.3) is 27.6 Å². The number of H-pyrrole nitrogens is 1. The maximum Gasteiger partial charge on any atom is 0.340 e. The molecular formula is C19H17Cl2N3O2. The first-order chi connectivity index (χ1) is 12.2. The number of rotatable bonds is 3. The number of carbonyl (C=O) groups excluding carboxylic acids is 1. The summed E-state index contributed by atoms with van der Waals surface area (Å²) in [5.74, 6) is -0.541. The van der Waals surface area contributed by atoms with Gasteiger partial charge in [-0.2, -0.15) is 5.10 Å². The van der Waals surface area contributed by atoms with E-state index in [9.17, 15) is 4.79 Å². The lowest BCUT2D eigenvalue weighted by atomic mass is 10.0. The van der Waals surface area contributed by atoms with Crippen LogP contribution >= 0.6 is 23.2 Å². The number of halogens is 2. The van der Waals surface area contributed by atoms with Gasteiger partial charge in [0.1, 0.15) is 5.60 Å². The summed E-state index contributed by atoms with van der Waals surface area (Å²) >= 11 is 12.5. The fourth-order valence-corrected chi connectivity index (χ4v) is 2.83. The zero-order valence-electron chi connectivity index (χ0n) is 14.6. The van der Waals surface area contributed by atoms with E-state index in [0.717, 1.165) is 16.5 Å². The van der Waals surface area contributed by atoms with Crippen LogP contribution < -0.4 is 0 Å². The van der Waals surface area contributed by atoms with Crippen LogP contribution in [0.4, 0.5) is 0 Å². The molecule has 0 aliphatic rings. The average Bonchev–Trinajstić information content (AvgIpc) is 3.09. The van der Waals surface area contributed by atoms with Gasteiger partial charge >= 0.3 is 5.97 Å². The largest absolute Gasteiger partial charge is 0.456 e. The standard InChI is InChI=1S/C19H17Cl2N3O2/c1-10(18(25)26-19(2,3)4)15-7-13(11-8-22-23-9-11)12-5-6-14(20)16(21)17(12)24-15/h5-9H,1H2,2-4H3,(H,22,23). The van der Waals surface area contributed by atoms with Gasteiger partial charge in [0.2, 0.25) is 0 Å². The molecule has 0 amide bonds. The molecule has 3 aromatic rings. The molecule has 26 heavy (non-hydrogen) atoms. The molecule has 2 heterocycles. The van der Waals surface area contributed by atoms with Crippen molar-refractivity contribution in [3.63, 3.8) is 0 Å². The summed E-state index contributed by atoms with van der Waals surface area (Å²) in [6.07, 6.45) is 3.43. The van der Waals surface area contributed by atoms with E-state index in [4.69, 9.17) is 27.9 Å². The normalized spacial score (nSPS) is 11.6. The van der Waals surface area contributed by atoms with Crippen LogP contribution in [-0.2, 0) is 9.53 Å². The summed E-state index contributed by atoms with van der Waals surface area (Å²) in [6.45, 7) is 9.23. The molecule has 0 bridgehead atoms. The Kier molecular flexibility index (Phi) is 4.78. The minimum absolute atomic E-state index is 0.141. The number of hydrogen-bond donors (Lipinski definition) is 1. The minimum Gasteiger partial charge on any atom is -0.456 e. The Morgan fingerprint density at radius 3 is 2.62 bits per heavy atom. The van der Waals surface area contributed by atoms with Gasteiger partial charge in [0.05, 0.1) is 33.0 Å². The van der Waals surface area contributed by atoms with E-state index >= 15 is 0 Å². The maximum atomic E-state index is 12.4. The van der Waals surface area contributed by atoms with Crippen LogP contribution in [0.15, 0.2) is 37.2 Å². The number of benzene rings is 1. The van der Waals surface area contributed by atoms with Gasteiger partial charge in [-0.1, -0.05) is 35.8 Å². The topological polar surface area (TPSA) is 67.9 Å². The highest BCUT2D eigenvalue weighted by molar-refractivity contribution is 6.45. The van der Waals surface area contributed by atoms with Gasteiger partial charge in [0, 0.05) is 17.1 Å². The van der Waals surface area contributed by atoms with Crippen molar-refractivity contribution in [3.8, 4) is 11.1 Å². The van der Waals surface area contributed by atoms with Gasteiger partial charge < -0.3 is 4.74 Å². The lowest BCUT2D eigenvalue weighted by Gasteiger charge is -2.20. The molecule has 0 atom stereocenters. The van der Waals surface area contributed by atoms with Crippen LogP contribution in [0.3, 0.4) is 0 Å². The number of fused-ring (bicyclic) bond motifs is 1. The van der Waals surface area contributed by atoms with E-state index in [-0.39, 0.29) is 5.57 Å². The predicted molar refractivity (Wildman–Crippen MR) is 104 cm³/mol. The van der Waals surface area contributed by atoms with E-state index in [1.54, 1.807) is 45.3 Å². The molecule has 7 heteroatoms.